The third kappa shape index (κ3) is 4.94. The van der Waals surface area contributed by atoms with E-state index in [0.29, 0.717) is 29.3 Å². The van der Waals surface area contributed by atoms with E-state index in [1.807, 2.05) is 49.4 Å². The zero-order valence-electron chi connectivity index (χ0n) is 18.4. The Labute approximate surface area is 202 Å². The topological polar surface area (TPSA) is 87.7 Å². The van der Waals surface area contributed by atoms with Gasteiger partial charge in [0.15, 0.2) is 0 Å². The van der Waals surface area contributed by atoms with Crippen LogP contribution in [0.5, 0.6) is 5.75 Å². The number of hydrogen-bond acceptors (Lipinski definition) is 5. The second-order valence-electron chi connectivity index (χ2n) is 7.46. The Bertz CT molecular complexity index is 1260. The van der Waals surface area contributed by atoms with E-state index >= 15 is 0 Å². The van der Waals surface area contributed by atoms with Gasteiger partial charge in [0, 0.05) is 11.3 Å². The zero-order valence-corrected chi connectivity index (χ0v) is 19.1. The molecule has 34 heavy (non-hydrogen) atoms. The summed E-state index contributed by atoms with van der Waals surface area (Å²) in [7, 11) is 0. The molecule has 3 aromatic rings. The van der Waals surface area contributed by atoms with E-state index < -0.39 is 11.8 Å². The number of amides is 3. The van der Waals surface area contributed by atoms with E-state index in [2.05, 4.69) is 10.6 Å². The van der Waals surface area contributed by atoms with Gasteiger partial charge < -0.3 is 15.4 Å². The molecular formula is C26H22ClN3O4. The molecular weight excluding hydrogens is 454 g/mol. The zero-order chi connectivity index (χ0) is 24.1. The minimum absolute atomic E-state index is 0.00504. The molecule has 1 heterocycles. The normalized spacial score (nSPS) is 13.3. The molecule has 0 aromatic heterocycles. The smallest absolute Gasteiger partial charge is 0.279 e. The first kappa shape index (κ1) is 23.1. The second-order valence-corrected chi connectivity index (χ2v) is 7.83. The lowest BCUT2D eigenvalue weighted by Crippen LogP contribution is -2.31. The van der Waals surface area contributed by atoms with Gasteiger partial charge in [-0.1, -0.05) is 54.1 Å². The van der Waals surface area contributed by atoms with Gasteiger partial charge in [-0.05, 0) is 48.9 Å². The molecule has 3 amide bonds. The fourth-order valence-corrected chi connectivity index (χ4v) is 3.69. The molecule has 0 aliphatic carbocycles. The average Bonchev–Trinajstić information content (AvgIpc) is 3.05. The van der Waals surface area contributed by atoms with Gasteiger partial charge in [0.1, 0.15) is 16.5 Å². The van der Waals surface area contributed by atoms with Crippen LogP contribution in [0.2, 0.25) is 0 Å². The maximum atomic E-state index is 12.8. The van der Waals surface area contributed by atoms with Gasteiger partial charge in [-0.25, -0.2) is 0 Å². The van der Waals surface area contributed by atoms with Crippen LogP contribution in [0, 0.1) is 0 Å². The Morgan fingerprint density at radius 3 is 2.29 bits per heavy atom. The van der Waals surface area contributed by atoms with Crippen LogP contribution >= 0.6 is 11.6 Å². The highest BCUT2D eigenvalue weighted by atomic mass is 35.5. The first-order valence-electron chi connectivity index (χ1n) is 10.7. The molecule has 0 bridgehead atoms. The minimum atomic E-state index is -0.554. The summed E-state index contributed by atoms with van der Waals surface area (Å²) in [5.74, 6) is -0.782. The van der Waals surface area contributed by atoms with E-state index in [9.17, 15) is 14.4 Å². The lowest BCUT2D eigenvalue weighted by atomic mass is 10.1. The molecule has 1 aliphatic rings. The van der Waals surface area contributed by atoms with Crippen molar-refractivity contribution in [1.82, 2.24) is 4.90 Å². The van der Waals surface area contributed by atoms with Gasteiger partial charge in [0.2, 0.25) is 0 Å². The number of carbonyl (C=O) groups is 3. The number of rotatable bonds is 8. The SMILES string of the molecule is CCOc1ccccc1NC(=O)c1ccc(NC2=C(Cl)C(=O)N(Cc3ccccc3)C2=O)cc1. The number of benzene rings is 3. The molecule has 8 heteroatoms. The highest BCUT2D eigenvalue weighted by Gasteiger charge is 2.37. The lowest BCUT2D eigenvalue weighted by Gasteiger charge is -2.15. The summed E-state index contributed by atoms with van der Waals surface area (Å²) in [5.41, 5.74) is 2.32. The van der Waals surface area contributed by atoms with E-state index in [1.165, 1.54) is 0 Å². The van der Waals surface area contributed by atoms with Crippen molar-refractivity contribution in [1.29, 1.82) is 0 Å². The molecule has 0 atom stereocenters. The largest absolute Gasteiger partial charge is 0.492 e. The van der Waals surface area contributed by atoms with Crippen LogP contribution in [0.4, 0.5) is 11.4 Å². The molecule has 0 radical (unpaired) electrons. The molecule has 0 spiro atoms. The van der Waals surface area contributed by atoms with Crippen LogP contribution in [0.1, 0.15) is 22.8 Å². The van der Waals surface area contributed by atoms with Gasteiger partial charge in [-0.2, -0.15) is 0 Å². The van der Waals surface area contributed by atoms with Crippen molar-refractivity contribution in [2.75, 3.05) is 17.2 Å². The molecule has 7 nitrogen and oxygen atoms in total. The van der Waals surface area contributed by atoms with E-state index in [4.69, 9.17) is 16.3 Å². The Morgan fingerprint density at radius 1 is 0.912 bits per heavy atom. The van der Waals surface area contributed by atoms with Crippen molar-refractivity contribution in [3.8, 4) is 5.75 Å². The number of para-hydroxylation sites is 2. The highest BCUT2D eigenvalue weighted by Crippen LogP contribution is 2.28. The average molecular weight is 476 g/mol. The molecule has 3 aromatic carbocycles. The molecule has 0 saturated heterocycles. The molecule has 0 unspecified atom stereocenters. The summed E-state index contributed by atoms with van der Waals surface area (Å²) in [6.07, 6.45) is 0. The number of halogens is 1. The van der Waals surface area contributed by atoms with E-state index in [1.54, 1.807) is 36.4 Å². The standard InChI is InChI=1S/C26H22ClN3O4/c1-2-34-21-11-7-6-10-20(21)29-24(31)18-12-14-19(15-13-18)28-23-22(27)25(32)30(26(23)33)16-17-8-4-3-5-9-17/h3-15,28H,2,16H2,1H3,(H,29,31). The lowest BCUT2D eigenvalue weighted by molar-refractivity contribution is -0.138. The predicted molar refractivity (Wildman–Crippen MR) is 131 cm³/mol. The highest BCUT2D eigenvalue weighted by molar-refractivity contribution is 6.48. The van der Waals surface area contributed by atoms with Crippen LogP contribution < -0.4 is 15.4 Å². The van der Waals surface area contributed by atoms with Crippen LogP contribution in [-0.4, -0.2) is 29.2 Å². The van der Waals surface area contributed by atoms with Gasteiger partial charge in [0.25, 0.3) is 17.7 Å². The summed E-state index contributed by atoms with van der Waals surface area (Å²) >= 11 is 6.18. The third-order valence-corrected chi connectivity index (χ3v) is 5.50. The first-order chi connectivity index (χ1) is 16.5. The monoisotopic (exact) mass is 475 g/mol. The minimum Gasteiger partial charge on any atom is -0.492 e. The number of nitrogens with one attached hydrogen (secondary N) is 2. The molecule has 172 valence electrons. The number of carbonyl (C=O) groups excluding carboxylic acids is 3. The Balaban J connectivity index is 1.44. The van der Waals surface area contributed by atoms with Crippen LogP contribution in [0.25, 0.3) is 0 Å². The number of ether oxygens (including phenoxy) is 1. The first-order valence-corrected chi connectivity index (χ1v) is 11.1. The fraction of sp³-hybridized carbons (Fsp3) is 0.115. The summed E-state index contributed by atoms with van der Waals surface area (Å²) in [6, 6.07) is 22.9. The quantitative estimate of drug-likeness (QED) is 0.458. The van der Waals surface area contributed by atoms with Gasteiger partial charge >= 0.3 is 0 Å². The summed E-state index contributed by atoms with van der Waals surface area (Å²) in [4.78, 5) is 39.1. The number of imide groups is 1. The predicted octanol–water partition coefficient (Wildman–Crippen LogP) is 4.77. The molecule has 1 aliphatic heterocycles. The fourth-order valence-electron chi connectivity index (χ4n) is 3.46. The van der Waals surface area contributed by atoms with Crippen molar-refractivity contribution < 1.29 is 19.1 Å². The van der Waals surface area contributed by atoms with Crippen molar-refractivity contribution in [2.45, 2.75) is 13.5 Å². The molecule has 0 fully saturated rings. The van der Waals surface area contributed by atoms with Gasteiger partial charge in [0.05, 0.1) is 18.8 Å². The van der Waals surface area contributed by atoms with E-state index in [-0.39, 0.29) is 23.2 Å². The van der Waals surface area contributed by atoms with Crippen molar-refractivity contribution in [3.63, 3.8) is 0 Å². The van der Waals surface area contributed by atoms with Crippen molar-refractivity contribution in [3.05, 3.63) is 101 Å². The Kier molecular flexibility index (Phi) is 6.94. The van der Waals surface area contributed by atoms with Gasteiger partial charge in [-0.15, -0.1) is 0 Å². The molecule has 2 N–H and O–H groups in total. The summed E-state index contributed by atoms with van der Waals surface area (Å²) in [6.45, 7) is 2.48. The summed E-state index contributed by atoms with van der Waals surface area (Å²) < 4.78 is 5.54. The molecule has 0 saturated carbocycles. The van der Waals surface area contributed by atoms with E-state index in [0.717, 1.165) is 10.5 Å². The number of anilines is 2. The van der Waals surface area contributed by atoms with Crippen LogP contribution in [-0.2, 0) is 16.1 Å². The summed E-state index contributed by atoms with van der Waals surface area (Å²) in [5, 5.41) is 5.57. The maximum Gasteiger partial charge on any atom is 0.279 e. The van der Waals surface area contributed by atoms with Crippen LogP contribution in [0.15, 0.2) is 89.6 Å². The number of nitrogens with zero attached hydrogens (tertiary/aromatic N) is 1. The van der Waals surface area contributed by atoms with Crippen molar-refractivity contribution in [2.24, 2.45) is 0 Å². The third-order valence-electron chi connectivity index (χ3n) is 5.15. The van der Waals surface area contributed by atoms with Gasteiger partial charge in [-0.3, -0.25) is 19.3 Å². The van der Waals surface area contributed by atoms with Crippen LogP contribution in [0.3, 0.4) is 0 Å². The second kappa shape index (κ2) is 10.2. The Morgan fingerprint density at radius 2 is 1.59 bits per heavy atom. The number of hydrogen-bond donors (Lipinski definition) is 2. The maximum absolute atomic E-state index is 12.8. The van der Waals surface area contributed by atoms with Crippen molar-refractivity contribution >= 4 is 40.7 Å². The Hall–Kier alpha value is -4.10. The molecule has 4 rings (SSSR count).